The Hall–Kier alpha value is -2.71. The second-order valence-corrected chi connectivity index (χ2v) is 9.29. The summed E-state index contributed by atoms with van der Waals surface area (Å²) in [5, 5.41) is 8.55. The van der Waals surface area contributed by atoms with E-state index in [4.69, 9.17) is 0 Å². The fourth-order valence-corrected chi connectivity index (χ4v) is 4.36. The first-order valence-electron chi connectivity index (χ1n) is 9.73. The first-order valence-corrected chi connectivity index (χ1v) is 11.6. The van der Waals surface area contributed by atoms with Crippen LogP contribution in [0.2, 0.25) is 0 Å². The highest BCUT2D eigenvalue weighted by molar-refractivity contribution is 7.92. The molecular formula is C21H25N5O2S. The highest BCUT2D eigenvalue weighted by Gasteiger charge is 2.22. The van der Waals surface area contributed by atoms with E-state index in [2.05, 4.69) is 26.0 Å². The minimum atomic E-state index is -3.26. The minimum Gasteiger partial charge on any atom is -0.297 e. The van der Waals surface area contributed by atoms with Crippen molar-refractivity contribution in [1.82, 2.24) is 19.9 Å². The number of para-hydroxylation sites is 1. The van der Waals surface area contributed by atoms with Crippen LogP contribution in [0.25, 0.3) is 5.69 Å². The Morgan fingerprint density at radius 1 is 1.07 bits per heavy atom. The van der Waals surface area contributed by atoms with Crippen molar-refractivity contribution >= 4 is 15.7 Å². The highest BCUT2D eigenvalue weighted by Crippen LogP contribution is 2.30. The number of hydrogen-bond acceptors (Lipinski definition) is 5. The maximum atomic E-state index is 11.5. The minimum absolute atomic E-state index is 0.438. The van der Waals surface area contributed by atoms with Gasteiger partial charge in [-0.05, 0) is 61.7 Å². The third-order valence-corrected chi connectivity index (χ3v) is 5.80. The average molecular weight is 412 g/mol. The molecule has 4 rings (SSSR count). The molecule has 1 saturated heterocycles. The normalized spacial score (nSPS) is 16.0. The molecule has 1 aliphatic heterocycles. The van der Waals surface area contributed by atoms with Crippen LogP contribution in [0.3, 0.4) is 0 Å². The van der Waals surface area contributed by atoms with E-state index in [0.29, 0.717) is 11.6 Å². The number of benzene rings is 2. The maximum Gasteiger partial charge on any atom is 0.229 e. The number of anilines is 1. The van der Waals surface area contributed by atoms with E-state index in [-0.39, 0.29) is 0 Å². The zero-order valence-corrected chi connectivity index (χ0v) is 17.2. The topological polar surface area (TPSA) is 80.1 Å². The van der Waals surface area contributed by atoms with E-state index >= 15 is 0 Å². The van der Waals surface area contributed by atoms with Crippen molar-refractivity contribution in [1.29, 1.82) is 0 Å². The van der Waals surface area contributed by atoms with Crippen LogP contribution in [0, 0.1) is 0 Å². The molecule has 1 aliphatic rings. The molecule has 0 spiro atoms. The van der Waals surface area contributed by atoms with Crippen molar-refractivity contribution in [3.05, 3.63) is 72.1 Å². The summed E-state index contributed by atoms with van der Waals surface area (Å²) in [6, 6.07) is 17.7. The van der Waals surface area contributed by atoms with Gasteiger partial charge in [0.25, 0.3) is 0 Å². The summed E-state index contributed by atoms with van der Waals surface area (Å²) in [4.78, 5) is 2.40. The second kappa shape index (κ2) is 8.34. The van der Waals surface area contributed by atoms with Crippen molar-refractivity contribution in [2.45, 2.75) is 25.3 Å². The van der Waals surface area contributed by atoms with Gasteiger partial charge in [0.15, 0.2) is 0 Å². The van der Waals surface area contributed by atoms with Gasteiger partial charge in [-0.25, -0.2) is 13.1 Å². The van der Waals surface area contributed by atoms with Crippen molar-refractivity contribution in [3.8, 4) is 5.69 Å². The zero-order valence-electron chi connectivity index (χ0n) is 16.4. The number of sulfonamides is 1. The molecule has 0 amide bonds. The number of rotatable bonds is 6. The molecule has 3 aromatic rings. The number of aromatic nitrogens is 3. The van der Waals surface area contributed by atoms with Gasteiger partial charge in [0.1, 0.15) is 0 Å². The molecule has 0 atom stereocenters. The van der Waals surface area contributed by atoms with Crippen LogP contribution in [0.1, 0.15) is 30.0 Å². The summed E-state index contributed by atoms with van der Waals surface area (Å²) < 4.78 is 27.3. The molecule has 152 valence electrons. The van der Waals surface area contributed by atoms with Crippen LogP contribution < -0.4 is 4.72 Å². The number of piperidine rings is 1. The van der Waals surface area contributed by atoms with E-state index in [1.165, 1.54) is 11.8 Å². The smallest absolute Gasteiger partial charge is 0.229 e. The summed E-state index contributed by atoms with van der Waals surface area (Å²) in [7, 11) is -3.26. The molecule has 0 unspecified atom stereocenters. The van der Waals surface area contributed by atoms with Gasteiger partial charge in [0.2, 0.25) is 10.0 Å². The molecule has 29 heavy (non-hydrogen) atoms. The number of nitrogens with zero attached hydrogens (tertiary/aromatic N) is 4. The third kappa shape index (κ3) is 5.21. The maximum absolute atomic E-state index is 11.5. The predicted octanol–water partition coefficient (Wildman–Crippen LogP) is 3.02. The van der Waals surface area contributed by atoms with Gasteiger partial charge in [-0.1, -0.05) is 35.5 Å². The van der Waals surface area contributed by atoms with Crippen LogP contribution >= 0.6 is 0 Å². The lowest BCUT2D eigenvalue weighted by molar-refractivity contribution is 0.202. The Morgan fingerprint density at radius 3 is 2.55 bits per heavy atom. The first-order chi connectivity index (χ1) is 14.0. The van der Waals surface area contributed by atoms with Gasteiger partial charge >= 0.3 is 0 Å². The second-order valence-electron chi connectivity index (χ2n) is 7.54. The Bertz CT molecular complexity index is 1060. The molecule has 0 saturated carbocycles. The van der Waals surface area contributed by atoms with Gasteiger partial charge in [0.05, 0.1) is 23.8 Å². The molecule has 0 bridgehead atoms. The molecule has 8 heteroatoms. The Labute approximate surface area is 171 Å². The molecule has 1 N–H and O–H groups in total. The molecule has 2 heterocycles. The summed E-state index contributed by atoms with van der Waals surface area (Å²) in [5.74, 6) is 0.438. The van der Waals surface area contributed by atoms with Gasteiger partial charge in [-0.3, -0.25) is 9.62 Å². The fraction of sp³-hybridized carbons (Fsp3) is 0.333. The lowest BCUT2D eigenvalue weighted by atomic mass is 9.89. The van der Waals surface area contributed by atoms with Crippen molar-refractivity contribution in [2.24, 2.45) is 0 Å². The SMILES string of the molecule is CS(=O)(=O)Nc1cccc(C2CCN(Cc3cn(-c4ccccc4)nn3)CC2)c1. The fourth-order valence-electron chi connectivity index (χ4n) is 3.80. The largest absolute Gasteiger partial charge is 0.297 e. The lowest BCUT2D eigenvalue weighted by Crippen LogP contribution is -2.32. The first kappa shape index (κ1) is 19.6. The molecule has 1 fully saturated rings. The summed E-state index contributed by atoms with van der Waals surface area (Å²) in [5.41, 5.74) is 3.79. The highest BCUT2D eigenvalue weighted by atomic mass is 32.2. The van der Waals surface area contributed by atoms with E-state index in [1.54, 1.807) is 6.07 Å². The number of hydrogen-bond donors (Lipinski definition) is 1. The van der Waals surface area contributed by atoms with Crippen LogP contribution in [0.4, 0.5) is 5.69 Å². The van der Waals surface area contributed by atoms with Gasteiger partial charge < -0.3 is 0 Å². The third-order valence-electron chi connectivity index (χ3n) is 5.20. The quantitative estimate of drug-likeness (QED) is 0.674. The van der Waals surface area contributed by atoms with E-state index in [1.807, 2.05) is 53.3 Å². The predicted molar refractivity (Wildman–Crippen MR) is 114 cm³/mol. The lowest BCUT2D eigenvalue weighted by Gasteiger charge is -2.31. The monoisotopic (exact) mass is 411 g/mol. The molecular weight excluding hydrogens is 386 g/mol. The molecule has 7 nitrogen and oxygen atoms in total. The molecule has 0 aliphatic carbocycles. The van der Waals surface area contributed by atoms with Crippen molar-refractivity contribution < 1.29 is 8.42 Å². The molecule has 1 aromatic heterocycles. The van der Waals surface area contributed by atoms with Gasteiger partial charge in [-0.2, -0.15) is 0 Å². The summed E-state index contributed by atoms with van der Waals surface area (Å²) in [6.07, 6.45) is 5.23. The van der Waals surface area contributed by atoms with E-state index < -0.39 is 10.0 Å². The summed E-state index contributed by atoms with van der Waals surface area (Å²) in [6.45, 7) is 2.74. The molecule has 0 radical (unpaired) electrons. The number of nitrogens with one attached hydrogen (secondary N) is 1. The van der Waals surface area contributed by atoms with Gasteiger partial charge in [0, 0.05) is 12.2 Å². The van der Waals surface area contributed by atoms with E-state index in [9.17, 15) is 8.42 Å². The molecule has 2 aromatic carbocycles. The Kier molecular flexibility index (Phi) is 5.64. The van der Waals surface area contributed by atoms with Crippen molar-refractivity contribution in [2.75, 3.05) is 24.1 Å². The van der Waals surface area contributed by atoms with Crippen LogP contribution in [-0.2, 0) is 16.6 Å². The summed E-state index contributed by atoms with van der Waals surface area (Å²) >= 11 is 0. The van der Waals surface area contributed by atoms with Crippen LogP contribution in [-0.4, -0.2) is 47.7 Å². The van der Waals surface area contributed by atoms with Crippen LogP contribution in [0.5, 0.6) is 0 Å². The Morgan fingerprint density at radius 2 is 1.83 bits per heavy atom. The Balaban J connectivity index is 1.34. The van der Waals surface area contributed by atoms with E-state index in [0.717, 1.165) is 43.9 Å². The van der Waals surface area contributed by atoms with Crippen LogP contribution in [0.15, 0.2) is 60.8 Å². The van der Waals surface area contributed by atoms with Crippen molar-refractivity contribution in [3.63, 3.8) is 0 Å². The number of likely N-dealkylation sites (tertiary alicyclic amines) is 1. The van der Waals surface area contributed by atoms with Gasteiger partial charge in [-0.15, -0.1) is 5.10 Å². The average Bonchev–Trinajstić information content (AvgIpc) is 3.17. The zero-order chi connectivity index (χ0) is 20.3. The standard InChI is InChI=1S/C21H25N5O2S/c1-29(27,28)23-19-7-5-6-18(14-19)17-10-12-25(13-11-17)15-20-16-26(24-22-20)21-8-3-2-4-9-21/h2-9,14,16-17,23H,10-13,15H2,1H3.